The minimum Gasteiger partial charge on any atom is -0.508 e. The highest BCUT2D eigenvalue weighted by atomic mass is 16.5. The van der Waals surface area contributed by atoms with Crippen molar-refractivity contribution >= 4 is 5.91 Å². The molecule has 1 amide bonds. The van der Waals surface area contributed by atoms with Crippen molar-refractivity contribution in [2.24, 2.45) is 5.41 Å². The van der Waals surface area contributed by atoms with Gasteiger partial charge in [-0.1, -0.05) is 0 Å². The van der Waals surface area contributed by atoms with Gasteiger partial charge >= 0.3 is 0 Å². The average molecular weight is 378 g/mol. The maximum absolute atomic E-state index is 13.1. The summed E-state index contributed by atoms with van der Waals surface area (Å²) in [4.78, 5) is 17.1. The van der Waals surface area contributed by atoms with E-state index in [4.69, 9.17) is 9.47 Å². The van der Waals surface area contributed by atoms with Gasteiger partial charge in [0.25, 0.3) is 5.91 Å². The van der Waals surface area contributed by atoms with E-state index in [1.165, 1.54) is 12.1 Å². The number of piperidine rings is 2. The second-order valence-electron chi connectivity index (χ2n) is 7.79. The highest BCUT2D eigenvalue weighted by Crippen LogP contribution is 2.39. The molecule has 2 aliphatic rings. The molecule has 0 bridgehead atoms. The van der Waals surface area contributed by atoms with Crippen LogP contribution in [-0.2, 0) is 4.74 Å². The first-order chi connectivity index (χ1) is 12.9. The SMILES string of the molecule is COCCOc1cc(O)cc(C(=O)N2CCC[C@]3(CN(C)CC[C@@H]3O)C2)c1. The van der Waals surface area contributed by atoms with Crippen molar-refractivity contribution in [1.29, 1.82) is 0 Å². The van der Waals surface area contributed by atoms with Crippen LogP contribution >= 0.6 is 0 Å². The molecule has 0 aromatic heterocycles. The van der Waals surface area contributed by atoms with Gasteiger partial charge < -0.3 is 29.5 Å². The number of carbonyl (C=O) groups excluding carboxylic acids is 1. The van der Waals surface area contributed by atoms with Gasteiger partial charge in [-0.2, -0.15) is 0 Å². The number of carbonyl (C=O) groups is 1. The number of ether oxygens (including phenoxy) is 2. The van der Waals surface area contributed by atoms with E-state index in [0.29, 0.717) is 37.6 Å². The molecule has 150 valence electrons. The minimum atomic E-state index is -0.388. The Morgan fingerprint density at radius 2 is 2.07 bits per heavy atom. The summed E-state index contributed by atoms with van der Waals surface area (Å²) in [6, 6.07) is 4.61. The number of aromatic hydroxyl groups is 1. The average Bonchev–Trinajstić information content (AvgIpc) is 2.64. The van der Waals surface area contributed by atoms with Crippen molar-refractivity contribution in [3.8, 4) is 11.5 Å². The molecule has 1 aromatic carbocycles. The first-order valence-electron chi connectivity index (χ1n) is 9.55. The van der Waals surface area contributed by atoms with E-state index < -0.39 is 0 Å². The molecule has 2 saturated heterocycles. The predicted molar refractivity (Wildman–Crippen MR) is 101 cm³/mol. The molecule has 2 aliphatic heterocycles. The van der Waals surface area contributed by atoms with E-state index in [2.05, 4.69) is 11.9 Å². The summed E-state index contributed by atoms with van der Waals surface area (Å²) in [5, 5.41) is 20.6. The number of aliphatic hydroxyl groups excluding tert-OH is 1. The highest BCUT2D eigenvalue weighted by Gasteiger charge is 2.45. The predicted octanol–water partition coefficient (Wildman–Crippen LogP) is 1.34. The minimum absolute atomic E-state index is 0.00239. The second-order valence-corrected chi connectivity index (χ2v) is 7.79. The van der Waals surface area contributed by atoms with E-state index in [1.807, 2.05) is 0 Å². The molecule has 1 spiro atoms. The maximum atomic E-state index is 13.1. The molecule has 1 aromatic rings. The van der Waals surface area contributed by atoms with Gasteiger partial charge in [0.05, 0.1) is 12.7 Å². The number of phenols is 1. The molecule has 2 N–H and O–H groups in total. The summed E-state index contributed by atoms with van der Waals surface area (Å²) < 4.78 is 10.5. The number of amides is 1. The van der Waals surface area contributed by atoms with Crippen molar-refractivity contribution in [3.05, 3.63) is 23.8 Å². The summed E-state index contributed by atoms with van der Waals surface area (Å²) in [5.41, 5.74) is 0.133. The molecule has 2 heterocycles. The highest BCUT2D eigenvalue weighted by molar-refractivity contribution is 5.95. The van der Waals surface area contributed by atoms with Crippen LogP contribution in [0.5, 0.6) is 11.5 Å². The van der Waals surface area contributed by atoms with Crippen molar-refractivity contribution < 1.29 is 24.5 Å². The normalized spacial score (nSPS) is 26.3. The molecule has 0 radical (unpaired) electrons. The van der Waals surface area contributed by atoms with E-state index in [0.717, 1.165) is 32.4 Å². The Labute approximate surface area is 160 Å². The van der Waals surface area contributed by atoms with Crippen LogP contribution in [0.3, 0.4) is 0 Å². The van der Waals surface area contributed by atoms with Crippen LogP contribution in [-0.4, -0.2) is 85.6 Å². The third kappa shape index (κ3) is 4.54. The van der Waals surface area contributed by atoms with Gasteiger partial charge in [0, 0.05) is 50.3 Å². The number of methoxy groups -OCH3 is 1. The zero-order valence-electron chi connectivity index (χ0n) is 16.2. The van der Waals surface area contributed by atoms with Crippen LogP contribution in [0.15, 0.2) is 18.2 Å². The zero-order chi connectivity index (χ0) is 19.4. The molecule has 0 unspecified atom stereocenters. The Bertz CT molecular complexity index is 668. The number of rotatable bonds is 5. The van der Waals surface area contributed by atoms with E-state index in [1.54, 1.807) is 18.1 Å². The fourth-order valence-corrected chi connectivity index (χ4v) is 4.32. The number of phenolic OH excluding ortho intramolecular Hbond substituents is 1. The number of nitrogens with zero attached hydrogens (tertiary/aromatic N) is 2. The summed E-state index contributed by atoms with van der Waals surface area (Å²) >= 11 is 0. The molecule has 2 atom stereocenters. The van der Waals surface area contributed by atoms with Crippen molar-refractivity contribution in [2.75, 3.05) is 53.6 Å². The fourth-order valence-electron chi connectivity index (χ4n) is 4.32. The lowest BCUT2D eigenvalue weighted by Crippen LogP contribution is -2.59. The van der Waals surface area contributed by atoms with Gasteiger partial charge in [-0.15, -0.1) is 0 Å². The van der Waals surface area contributed by atoms with Crippen LogP contribution in [0.1, 0.15) is 29.6 Å². The van der Waals surface area contributed by atoms with Crippen LogP contribution < -0.4 is 4.74 Å². The van der Waals surface area contributed by atoms with Crippen LogP contribution in [0, 0.1) is 5.41 Å². The molecule has 0 aliphatic carbocycles. The molecule has 3 rings (SSSR count). The van der Waals surface area contributed by atoms with E-state index in [-0.39, 0.29) is 23.2 Å². The lowest BCUT2D eigenvalue weighted by Gasteiger charge is -2.50. The molecule has 2 fully saturated rings. The third-order valence-electron chi connectivity index (χ3n) is 5.67. The maximum Gasteiger partial charge on any atom is 0.254 e. The van der Waals surface area contributed by atoms with Crippen LogP contribution in [0.4, 0.5) is 0 Å². The van der Waals surface area contributed by atoms with Crippen LogP contribution in [0.25, 0.3) is 0 Å². The Hall–Kier alpha value is -1.83. The summed E-state index contributed by atoms with van der Waals surface area (Å²) in [6.45, 7) is 3.65. The number of hydrogen-bond acceptors (Lipinski definition) is 6. The molecule has 7 heteroatoms. The molecule has 0 saturated carbocycles. The number of benzene rings is 1. The Morgan fingerprint density at radius 3 is 2.85 bits per heavy atom. The zero-order valence-corrected chi connectivity index (χ0v) is 16.2. The molecular formula is C20H30N2O5. The van der Waals surface area contributed by atoms with E-state index >= 15 is 0 Å². The quantitative estimate of drug-likeness (QED) is 0.753. The van der Waals surface area contributed by atoms with Gasteiger partial charge in [0.15, 0.2) is 0 Å². The Balaban J connectivity index is 1.75. The summed E-state index contributed by atoms with van der Waals surface area (Å²) in [5.74, 6) is 0.305. The second kappa shape index (κ2) is 8.46. The first kappa shape index (κ1) is 19.9. The van der Waals surface area contributed by atoms with Gasteiger partial charge in [-0.05, 0) is 38.4 Å². The van der Waals surface area contributed by atoms with Gasteiger partial charge in [0.1, 0.15) is 18.1 Å². The smallest absolute Gasteiger partial charge is 0.254 e. The number of aliphatic hydroxyl groups is 1. The lowest BCUT2D eigenvalue weighted by molar-refractivity contribution is -0.0731. The number of likely N-dealkylation sites (tertiary alicyclic amines) is 2. The third-order valence-corrected chi connectivity index (χ3v) is 5.67. The first-order valence-corrected chi connectivity index (χ1v) is 9.55. The van der Waals surface area contributed by atoms with Gasteiger partial charge in [0.2, 0.25) is 0 Å². The van der Waals surface area contributed by atoms with Gasteiger partial charge in [-0.25, -0.2) is 0 Å². The fraction of sp³-hybridized carbons (Fsp3) is 0.650. The largest absolute Gasteiger partial charge is 0.508 e. The molecule has 27 heavy (non-hydrogen) atoms. The monoisotopic (exact) mass is 378 g/mol. The summed E-state index contributed by atoms with van der Waals surface area (Å²) in [7, 11) is 3.65. The van der Waals surface area contributed by atoms with Crippen molar-refractivity contribution in [2.45, 2.75) is 25.4 Å². The Morgan fingerprint density at radius 1 is 1.26 bits per heavy atom. The molecule has 7 nitrogen and oxygen atoms in total. The molecular weight excluding hydrogens is 348 g/mol. The number of hydrogen-bond donors (Lipinski definition) is 2. The van der Waals surface area contributed by atoms with Gasteiger partial charge in [-0.3, -0.25) is 4.79 Å². The van der Waals surface area contributed by atoms with Crippen molar-refractivity contribution in [1.82, 2.24) is 9.80 Å². The topological polar surface area (TPSA) is 82.5 Å². The Kier molecular flexibility index (Phi) is 6.24. The van der Waals surface area contributed by atoms with E-state index in [9.17, 15) is 15.0 Å². The van der Waals surface area contributed by atoms with Crippen LogP contribution in [0.2, 0.25) is 0 Å². The standard InChI is InChI=1S/C20H30N2O5/c1-21-7-4-18(24)20(13-21)5-3-6-22(14-20)19(25)15-10-16(23)12-17(11-15)27-9-8-26-2/h10-12,18,23-24H,3-9,13-14H2,1-2H3/t18-,20-/m0/s1. The summed E-state index contributed by atoms with van der Waals surface area (Å²) in [6.07, 6.45) is 2.14. The van der Waals surface area contributed by atoms with Crippen molar-refractivity contribution in [3.63, 3.8) is 0 Å². The lowest BCUT2D eigenvalue weighted by atomic mass is 9.71.